The molecular formula is C26H34Cl3N3O4S. The van der Waals surface area contributed by atoms with Gasteiger partial charge in [-0.2, -0.15) is 0 Å². The average molecular weight is 591 g/mol. The summed E-state index contributed by atoms with van der Waals surface area (Å²) in [6.45, 7) is 5.89. The molecule has 1 N–H and O–H groups in total. The molecule has 0 heterocycles. The molecule has 2 rings (SSSR count). The van der Waals surface area contributed by atoms with E-state index in [1.165, 1.54) is 17.0 Å². The number of carbonyl (C=O) groups is 2. The van der Waals surface area contributed by atoms with Gasteiger partial charge in [0.05, 0.1) is 17.0 Å². The molecule has 7 nitrogen and oxygen atoms in total. The first-order valence-electron chi connectivity index (χ1n) is 12.1. The van der Waals surface area contributed by atoms with Crippen LogP contribution in [0.3, 0.4) is 0 Å². The van der Waals surface area contributed by atoms with Gasteiger partial charge < -0.3 is 10.2 Å². The van der Waals surface area contributed by atoms with Crippen molar-refractivity contribution in [1.29, 1.82) is 0 Å². The molecule has 0 aliphatic heterocycles. The average Bonchev–Trinajstić information content (AvgIpc) is 2.83. The minimum Gasteiger partial charge on any atom is -0.352 e. The van der Waals surface area contributed by atoms with Crippen molar-refractivity contribution in [2.75, 3.05) is 17.1 Å². The smallest absolute Gasteiger partial charge is 0.243 e. The number of nitrogens with zero attached hydrogens (tertiary/aromatic N) is 2. The maximum Gasteiger partial charge on any atom is 0.243 e. The number of anilines is 1. The zero-order chi connectivity index (χ0) is 27.8. The van der Waals surface area contributed by atoms with E-state index in [0.29, 0.717) is 16.5 Å². The fraction of sp³-hybridized carbons (Fsp3) is 0.462. The lowest BCUT2D eigenvalue weighted by Crippen LogP contribution is -2.50. The lowest BCUT2D eigenvalue weighted by atomic mass is 10.1. The van der Waals surface area contributed by atoms with E-state index in [0.717, 1.165) is 22.5 Å². The van der Waals surface area contributed by atoms with Crippen LogP contribution in [0.4, 0.5) is 5.69 Å². The third-order valence-electron chi connectivity index (χ3n) is 6.01. The Labute approximate surface area is 235 Å². The zero-order valence-electron chi connectivity index (χ0n) is 21.5. The molecule has 0 aromatic heterocycles. The van der Waals surface area contributed by atoms with Crippen LogP contribution < -0.4 is 9.62 Å². The van der Waals surface area contributed by atoms with Gasteiger partial charge in [0.25, 0.3) is 0 Å². The number of rotatable bonds is 13. The van der Waals surface area contributed by atoms with Crippen LogP contribution in [0.1, 0.15) is 52.0 Å². The van der Waals surface area contributed by atoms with E-state index in [9.17, 15) is 18.0 Å². The number of amides is 2. The van der Waals surface area contributed by atoms with Crippen molar-refractivity contribution in [1.82, 2.24) is 10.2 Å². The van der Waals surface area contributed by atoms with E-state index < -0.39 is 16.1 Å². The minimum absolute atomic E-state index is 0.0143. The fourth-order valence-corrected chi connectivity index (χ4v) is 5.43. The Balaban J connectivity index is 2.27. The van der Waals surface area contributed by atoms with Crippen LogP contribution >= 0.6 is 34.8 Å². The number of benzene rings is 2. The van der Waals surface area contributed by atoms with Crippen LogP contribution in [0, 0.1) is 0 Å². The van der Waals surface area contributed by atoms with E-state index in [2.05, 4.69) is 5.32 Å². The molecule has 2 aromatic carbocycles. The summed E-state index contributed by atoms with van der Waals surface area (Å²) in [6, 6.07) is 11.0. The molecule has 37 heavy (non-hydrogen) atoms. The number of hydrogen-bond acceptors (Lipinski definition) is 4. The van der Waals surface area contributed by atoms with Crippen LogP contribution in [0.15, 0.2) is 42.5 Å². The molecule has 0 bridgehead atoms. The molecule has 0 saturated heterocycles. The lowest BCUT2D eigenvalue weighted by Gasteiger charge is -2.32. The third-order valence-corrected chi connectivity index (χ3v) is 8.12. The van der Waals surface area contributed by atoms with Gasteiger partial charge in [-0.3, -0.25) is 13.9 Å². The fourth-order valence-electron chi connectivity index (χ4n) is 3.83. The number of halogens is 3. The van der Waals surface area contributed by atoms with Gasteiger partial charge in [0.15, 0.2) is 0 Å². The standard InChI is InChI=1S/C26H34Cl3N3O4S/c1-5-18(3)30-26(34)23(6-2)31(17-19-10-7-8-11-21(19)28)25(33)12-9-15-32(37(4,35)36)24-16-20(27)13-14-22(24)29/h7-8,10-11,13-14,16,18,23H,5-6,9,12,15,17H2,1-4H3,(H,30,34). The molecule has 0 spiro atoms. The van der Waals surface area contributed by atoms with Gasteiger partial charge in [-0.05, 0) is 56.0 Å². The second kappa shape index (κ2) is 14.2. The summed E-state index contributed by atoms with van der Waals surface area (Å²) in [5, 5.41) is 4.03. The molecule has 2 amide bonds. The topological polar surface area (TPSA) is 86.8 Å². The van der Waals surface area contributed by atoms with Gasteiger partial charge in [-0.15, -0.1) is 0 Å². The van der Waals surface area contributed by atoms with Crippen molar-refractivity contribution in [2.24, 2.45) is 0 Å². The van der Waals surface area contributed by atoms with Gasteiger partial charge in [0, 0.05) is 35.6 Å². The molecule has 0 aliphatic carbocycles. The molecule has 0 radical (unpaired) electrons. The molecule has 11 heteroatoms. The molecule has 2 unspecified atom stereocenters. The second-order valence-corrected chi connectivity index (χ2v) is 12.0. The molecule has 204 valence electrons. The monoisotopic (exact) mass is 589 g/mol. The van der Waals surface area contributed by atoms with Crippen molar-refractivity contribution in [3.8, 4) is 0 Å². The molecule has 0 saturated carbocycles. The Bertz CT molecular complexity index is 1190. The third kappa shape index (κ3) is 9.06. The van der Waals surface area contributed by atoms with Crippen molar-refractivity contribution >= 4 is 62.3 Å². The van der Waals surface area contributed by atoms with Gasteiger partial charge in [-0.25, -0.2) is 8.42 Å². The van der Waals surface area contributed by atoms with E-state index in [1.54, 1.807) is 18.2 Å². The molecule has 2 atom stereocenters. The van der Waals surface area contributed by atoms with Crippen molar-refractivity contribution in [2.45, 2.75) is 65.1 Å². The summed E-state index contributed by atoms with van der Waals surface area (Å²) in [5.74, 6) is -0.516. The summed E-state index contributed by atoms with van der Waals surface area (Å²) < 4.78 is 26.2. The Morgan fingerprint density at radius 2 is 1.68 bits per heavy atom. The van der Waals surface area contributed by atoms with Crippen LogP contribution in [0.25, 0.3) is 0 Å². The van der Waals surface area contributed by atoms with Crippen LogP contribution in [0.2, 0.25) is 15.1 Å². The first-order chi connectivity index (χ1) is 17.4. The summed E-state index contributed by atoms with van der Waals surface area (Å²) in [5.41, 5.74) is 0.965. The maximum absolute atomic E-state index is 13.5. The van der Waals surface area contributed by atoms with Crippen LogP contribution in [-0.2, 0) is 26.2 Å². The van der Waals surface area contributed by atoms with E-state index in [-0.39, 0.29) is 54.5 Å². The van der Waals surface area contributed by atoms with Crippen LogP contribution in [0.5, 0.6) is 0 Å². The zero-order valence-corrected chi connectivity index (χ0v) is 24.6. The van der Waals surface area contributed by atoms with Crippen molar-refractivity contribution < 1.29 is 18.0 Å². The van der Waals surface area contributed by atoms with Gasteiger partial charge in [0.1, 0.15) is 6.04 Å². The predicted molar refractivity (Wildman–Crippen MR) is 152 cm³/mol. The highest BCUT2D eigenvalue weighted by Gasteiger charge is 2.30. The number of hydrogen-bond donors (Lipinski definition) is 1. The largest absolute Gasteiger partial charge is 0.352 e. The minimum atomic E-state index is -3.70. The quantitative estimate of drug-likeness (QED) is 0.314. The van der Waals surface area contributed by atoms with Crippen molar-refractivity contribution in [3.63, 3.8) is 0 Å². The highest BCUT2D eigenvalue weighted by molar-refractivity contribution is 7.92. The highest BCUT2D eigenvalue weighted by atomic mass is 35.5. The molecular weight excluding hydrogens is 557 g/mol. The Kier molecular flexibility index (Phi) is 12.0. The van der Waals surface area contributed by atoms with E-state index in [1.807, 2.05) is 32.9 Å². The molecule has 0 aliphatic rings. The molecule has 2 aromatic rings. The Morgan fingerprint density at radius 1 is 1.00 bits per heavy atom. The summed E-state index contributed by atoms with van der Waals surface area (Å²) in [6.07, 6.45) is 2.46. The normalized spacial score (nSPS) is 13.1. The number of nitrogens with one attached hydrogen (secondary N) is 1. The predicted octanol–water partition coefficient (Wildman–Crippen LogP) is 5.92. The Hall–Kier alpha value is -2.00. The van der Waals surface area contributed by atoms with Crippen molar-refractivity contribution in [3.05, 3.63) is 63.1 Å². The summed E-state index contributed by atoms with van der Waals surface area (Å²) >= 11 is 18.7. The number of sulfonamides is 1. The number of carbonyl (C=O) groups excluding carboxylic acids is 2. The van der Waals surface area contributed by atoms with Gasteiger partial charge in [0.2, 0.25) is 21.8 Å². The first-order valence-corrected chi connectivity index (χ1v) is 15.1. The van der Waals surface area contributed by atoms with Gasteiger partial charge in [-0.1, -0.05) is 66.8 Å². The Morgan fingerprint density at radius 3 is 2.27 bits per heavy atom. The highest BCUT2D eigenvalue weighted by Crippen LogP contribution is 2.31. The summed E-state index contributed by atoms with van der Waals surface area (Å²) in [7, 11) is -3.70. The van der Waals surface area contributed by atoms with E-state index >= 15 is 0 Å². The summed E-state index contributed by atoms with van der Waals surface area (Å²) in [4.78, 5) is 28.1. The van der Waals surface area contributed by atoms with Gasteiger partial charge >= 0.3 is 0 Å². The second-order valence-electron chi connectivity index (χ2n) is 8.89. The van der Waals surface area contributed by atoms with E-state index in [4.69, 9.17) is 34.8 Å². The maximum atomic E-state index is 13.5. The first kappa shape index (κ1) is 31.2. The lowest BCUT2D eigenvalue weighted by molar-refractivity contribution is -0.141. The SMILES string of the molecule is CCC(C)NC(=O)C(CC)N(Cc1ccccc1Cl)C(=O)CCCN(c1cc(Cl)ccc1Cl)S(C)(=O)=O. The molecule has 0 fully saturated rings. The van der Waals surface area contributed by atoms with Crippen LogP contribution in [-0.4, -0.2) is 50.0 Å².